The van der Waals surface area contributed by atoms with E-state index in [4.69, 9.17) is 9.47 Å². The summed E-state index contributed by atoms with van der Waals surface area (Å²) >= 11 is 0. The van der Waals surface area contributed by atoms with Gasteiger partial charge in [-0.1, -0.05) is 0 Å². The highest BCUT2D eigenvalue weighted by Gasteiger charge is 2.25. The van der Waals surface area contributed by atoms with Crippen LogP contribution in [0.5, 0.6) is 5.75 Å². The molecule has 31 heavy (non-hydrogen) atoms. The largest absolute Gasteiger partial charge is 0.490 e. The first kappa shape index (κ1) is 22.2. The lowest BCUT2D eigenvalue weighted by atomic mass is 10.1. The number of pyridine rings is 1. The monoisotopic (exact) mass is 428 g/mol. The first-order chi connectivity index (χ1) is 14.9. The van der Waals surface area contributed by atoms with E-state index in [0.717, 1.165) is 0 Å². The average molecular weight is 428 g/mol. The number of ether oxygens (including phenoxy) is 2. The van der Waals surface area contributed by atoms with Crippen LogP contribution in [0.25, 0.3) is 5.69 Å². The van der Waals surface area contributed by atoms with Gasteiger partial charge in [-0.25, -0.2) is 9.59 Å². The van der Waals surface area contributed by atoms with E-state index in [9.17, 15) is 14.4 Å². The van der Waals surface area contributed by atoms with Crippen molar-refractivity contribution in [1.82, 2.24) is 14.8 Å². The summed E-state index contributed by atoms with van der Waals surface area (Å²) in [5.74, 6) is 0.502. The third-order valence-corrected chi connectivity index (χ3v) is 4.86. The van der Waals surface area contributed by atoms with E-state index in [2.05, 4.69) is 10.6 Å². The quantitative estimate of drug-likeness (QED) is 0.762. The van der Waals surface area contributed by atoms with Gasteiger partial charge in [-0.2, -0.15) is 0 Å². The Morgan fingerprint density at radius 2 is 1.77 bits per heavy atom. The van der Waals surface area contributed by atoms with Gasteiger partial charge >= 0.3 is 12.1 Å². The Labute approximate surface area is 180 Å². The highest BCUT2D eigenvalue weighted by molar-refractivity contribution is 5.89. The summed E-state index contributed by atoms with van der Waals surface area (Å²) in [4.78, 5) is 37.6. The van der Waals surface area contributed by atoms with Crippen molar-refractivity contribution < 1.29 is 19.1 Å². The van der Waals surface area contributed by atoms with Gasteiger partial charge in [0.1, 0.15) is 11.9 Å². The minimum atomic E-state index is -0.311. The van der Waals surface area contributed by atoms with Crippen molar-refractivity contribution in [3.8, 4) is 11.4 Å². The Morgan fingerprint density at radius 3 is 2.35 bits per heavy atom. The van der Waals surface area contributed by atoms with E-state index in [1.807, 2.05) is 13.8 Å². The number of urea groups is 1. The van der Waals surface area contributed by atoms with E-state index in [1.54, 1.807) is 41.4 Å². The van der Waals surface area contributed by atoms with Crippen LogP contribution in [0.15, 0.2) is 47.4 Å². The molecule has 166 valence electrons. The van der Waals surface area contributed by atoms with Gasteiger partial charge in [0.15, 0.2) is 0 Å². The molecule has 1 aliphatic heterocycles. The molecule has 1 fully saturated rings. The van der Waals surface area contributed by atoms with Gasteiger partial charge in [0.2, 0.25) is 0 Å². The minimum absolute atomic E-state index is 0.0616. The molecule has 1 aromatic carbocycles. The highest BCUT2D eigenvalue weighted by Crippen LogP contribution is 2.19. The van der Waals surface area contributed by atoms with Gasteiger partial charge in [-0.3, -0.25) is 9.36 Å². The molecule has 0 spiro atoms. The summed E-state index contributed by atoms with van der Waals surface area (Å²) in [5.41, 5.74) is 1.08. The molecule has 0 saturated carbocycles. The molecule has 9 heteroatoms. The molecule has 3 amide bonds. The van der Waals surface area contributed by atoms with E-state index in [0.29, 0.717) is 43.1 Å². The fraction of sp³-hybridized carbons (Fsp3) is 0.409. The van der Waals surface area contributed by atoms with Crippen molar-refractivity contribution in [2.45, 2.75) is 38.9 Å². The normalized spacial score (nSPS) is 14.3. The first-order valence-electron chi connectivity index (χ1n) is 10.3. The molecule has 1 saturated heterocycles. The van der Waals surface area contributed by atoms with Crippen LogP contribution in [0, 0.1) is 0 Å². The van der Waals surface area contributed by atoms with Crippen molar-refractivity contribution in [3.63, 3.8) is 0 Å². The van der Waals surface area contributed by atoms with Gasteiger partial charge in [-0.05, 0) is 44.2 Å². The molecule has 3 rings (SSSR count). The third kappa shape index (κ3) is 6.00. The molecule has 9 nitrogen and oxygen atoms in total. The topological polar surface area (TPSA) is 102 Å². The number of amides is 3. The predicted molar refractivity (Wildman–Crippen MR) is 117 cm³/mol. The number of hydrogen-bond acceptors (Lipinski definition) is 5. The lowest BCUT2D eigenvalue weighted by Gasteiger charge is -2.32. The maximum absolute atomic E-state index is 12.6. The Kier molecular flexibility index (Phi) is 7.17. The summed E-state index contributed by atoms with van der Waals surface area (Å²) in [7, 11) is 1.54. The van der Waals surface area contributed by atoms with Crippen LogP contribution in [-0.2, 0) is 4.74 Å². The van der Waals surface area contributed by atoms with E-state index in [1.165, 1.54) is 17.7 Å². The SMILES string of the molecule is CNC(=O)Nc1ccc(-n2ccc(OC3CCN(C(=O)OC(C)C)CC3)cc2=O)cc1. The van der Waals surface area contributed by atoms with Crippen molar-refractivity contribution in [2.75, 3.05) is 25.5 Å². The summed E-state index contributed by atoms with van der Waals surface area (Å²) in [6.07, 6.45) is 2.51. The van der Waals surface area contributed by atoms with Gasteiger partial charge in [0.05, 0.1) is 6.10 Å². The van der Waals surface area contributed by atoms with Gasteiger partial charge in [0.25, 0.3) is 5.56 Å². The number of anilines is 1. The van der Waals surface area contributed by atoms with Gasteiger partial charge in [0, 0.05) is 56.6 Å². The highest BCUT2D eigenvalue weighted by atomic mass is 16.6. The number of carbonyl (C=O) groups is 2. The number of nitrogens with one attached hydrogen (secondary N) is 2. The van der Waals surface area contributed by atoms with Crippen molar-refractivity contribution in [2.24, 2.45) is 0 Å². The number of nitrogens with zero attached hydrogens (tertiary/aromatic N) is 2. The second-order valence-corrected chi connectivity index (χ2v) is 7.56. The number of benzene rings is 1. The Hall–Kier alpha value is -3.49. The molecular weight excluding hydrogens is 400 g/mol. The molecule has 0 atom stereocenters. The Balaban J connectivity index is 1.58. The molecule has 2 aromatic rings. The van der Waals surface area contributed by atoms with E-state index < -0.39 is 0 Å². The number of rotatable bonds is 5. The average Bonchev–Trinajstić information content (AvgIpc) is 2.74. The second-order valence-electron chi connectivity index (χ2n) is 7.56. The Bertz CT molecular complexity index is 963. The standard InChI is InChI=1S/C22H28N4O5/c1-15(2)30-22(29)25-11-8-18(9-12-25)31-19-10-13-26(20(27)14-19)17-6-4-16(5-7-17)24-21(28)23-3/h4-7,10,13-15,18H,8-9,11-12H2,1-3H3,(H2,23,24,28). The van der Waals surface area contributed by atoms with Crippen LogP contribution in [0.3, 0.4) is 0 Å². The van der Waals surface area contributed by atoms with Crippen LogP contribution < -0.4 is 20.9 Å². The fourth-order valence-electron chi connectivity index (χ4n) is 3.27. The smallest absolute Gasteiger partial charge is 0.410 e. The number of aromatic nitrogens is 1. The van der Waals surface area contributed by atoms with Crippen LogP contribution >= 0.6 is 0 Å². The van der Waals surface area contributed by atoms with Crippen molar-refractivity contribution in [1.29, 1.82) is 0 Å². The van der Waals surface area contributed by atoms with Crippen LogP contribution in [0.4, 0.5) is 15.3 Å². The molecule has 1 aromatic heterocycles. The minimum Gasteiger partial charge on any atom is -0.490 e. The second kappa shape index (κ2) is 10.0. The predicted octanol–water partition coefficient (Wildman–Crippen LogP) is 2.98. The van der Waals surface area contributed by atoms with Crippen LogP contribution in [0.2, 0.25) is 0 Å². The summed E-state index contributed by atoms with van der Waals surface area (Å²) in [5, 5.41) is 5.15. The zero-order chi connectivity index (χ0) is 22.4. The zero-order valence-electron chi connectivity index (χ0n) is 18.0. The maximum Gasteiger partial charge on any atom is 0.410 e. The molecule has 0 radical (unpaired) electrons. The van der Waals surface area contributed by atoms with E-state index in [-0.39, 0.29) is 29.9 Å². The zero-order valence-corrected chi connectivity index (χ0v) is 18.0. The number of piperidine rings is 1. The molecule has 1 aliphatic rings. The third-order valence-electron chi connectivity index (χ3n) is 4.86. The summed E-state index contributed by atoms with van der Waals surface area (Å²) in [6.45, 7) is 4.77. The van der Waals surface area contributed by atoms with Gasteiger partial charge < -0.3 is 25.0 Å². The van der Waals surface area contributed by atoms with Crippen LogP contribution in [-0.4, -0.2) is 53.9 Å². The van der Waals surface area contributed by atoms with Crippen molar-refractivity contribution >= 4 is 17.8 Å². The number of hydrogen-bond donors (Lipinski definition) is 2. The van der Waals surface area contributed by atoms with E-state index >= 15 is 0 Å². The van der Waals surface area contributed by atoms with Crippen LogP contribution in [0.1, 0.15) is 26.7 Å². The Morgan fingerprint density at radius 1 is 1.10 bits per heavy atom. The number of likely N-dealkylation sites (tertiary alicyclic amines) is 1. The number of carbonyl (C=O) groups excluding carboxylic acids is 2. The van der Waals surface area contributed by atoms with Gasteiger partial charge in [-0.15, -0.1) is 0 Å². The van der Waals surface area contributed by atoms with Crippen molar-refractivity contribution in [3.05, 3.63) is 52.9 Å². The molecular formula is C22H28N4O5. The molecule has 2 heterocycles. The molecule has 0 bridgehead atoms. The summed E-state index contributed by atoms with van der Waals surface area (Å²) < 4.78 is 12.7. The molecule has 2 N–H and O–H groups in total. The fourth-order valence-corrected chi connectivity index (χ4v) is 3.27. The molecule has 0 aliphatic carbocycles. The first-order valence-corrected chi connectivity index (χ1v) is 10.3. The lowest BCUT2D eigenvalue weighted by Crippen LogP contribution is -2.42. The summed E-state index contributed by atoms with van der Waals surface area (Å²) in [6, 6.07) is 9.83. The lowest BCUT2D eigenvalue weighted by molar-refractivity contribution is 0.0516. The maximum atomic E-state index is 12.6. The molecule has 0 unspecified atom stereocenters.